The van der Waals surface area contributed by atoms with Gasteiger partial charge in [0.2, 0.25) is 10.0 Å². The molecule has 1 aliphatic rings. The number of rotatable bonds is 9. The molecule has 35 heavy (non-hydrogen) atoms. The Morgan fingerprint density at radius 3 is 2.11 bits per heavy atom. The Kier molecular flexibility index (Phi) is 7.94. The molecule has 1 aromatic heterocycles. The highest BCUT2D eigenvalue weighted by molar-refractivity contribution is 7.89. The van der Waals surface area contributed by atoms with E-state index in [4.69, 9.17) is 5.10 Å². The zero-order valence-corrected chi connectivity index (χ0v) is 22.1. The molecule has 1 aliphatic heterocycles. The summed E-state index contributed by atoms with van der Waals surface area (Å²) in [4.78, 5) is 5.14. The molecule has 0 bridgehead atoms. The molecule has 0 atom stereocenters. The van der Waals surface area contributed by atoms with Crippen LogP contribution < -0.4 is 4.90 Å². The average molecular weight is 496 g/mol. The van der Waals surface area contributed by atoms with E-state index in [1.54, 1.807) is 28.6 Å². The van der Waals surface area contributed by atoms with Crippen molar-refractivity contribution in [3.05, 3.63) is 71.9 Å². The first-order valence-corrected chi connectivity index (χ1v) is 13.9. The number of aryl methyl sites for hydroxylation is 1. The van der Waals surface area contributed by atoms with E-state index in [1.165, 1.54) is 0 Å². The summed E-state index contributed by atoms with van der Waals surface area (Å²) in [5.41, 5.74) is 2.81. The molecular formula is C27H37N5O2S. The van der Waals surface area contributed by atoms with Gasteiger partial charge in [0.15, 0.2) is 0 Å². The third kappa shape index (κ3) is 5.60. The summed E-state index contributed by atoms with van der Waals surface area (Å²) < 4.78 is 31.0. The quantitative estimate of drug-likeness (QED) is 0.446. The first-order chi connectivity index (χ1) is 16.8. The van der Waals surface area contributed by atoms with Crippen LogP contribution in [0.3, 0.4) is 0 Å². The number of hydrogen-bond donors (Lipinski definition) is 0. The Labute approximate surface area is 210 Å². The van der Waals surface area contributed by atoms with Gasteiger partial charge in [0.1, 0.15) is 5.82 Å². The number of sulfonamides is 1. The van der Waals surface area contributed by atoms with Gasteiger partial charge in [-0.25, -0.2) is 13.1 Å². The summed E-state index contributed by atoms with van der Waals surface area (Å²) in [6, 6.07) is 18.9. The number of hydrogen-bond acceptors (Lipinski definition) is 5. The zero-order chi connectivity index (χ0) is 25.0. The fraction of sp³-hybridized carbons (Fsp3) is 0.444. The topological polar surface area (TPSA) is 61.7 Å². The molecule has 0 aliphatic carbocycles. The number of likely N-dealkylation sites (N-methyl/N-ethyl adjacent to an activating group) is 1. The zero-order valence-electron chi connectivity index (χ0n) is 21.3. The number of nitrogens with zero attached hydrogens (tertiary/aromatic N) is 5. The van der Waals surface area contributed by atoms with Crippen molar-refractivity contribution in [2.45, 2.75) is 39.1 Å². The van der Waals surface area contributed by atoms with Gasteiger partial charge in [-0.1, -0.05) is 57.2 Å². The highest BCUT2D eigenvalue weighted by Crippen LogP contribution is 2.31. The molecule has 0 spiro atoms. The average Bonchev–Trinajstić information content (AvgIpc) is 3.20. The van der Waals surface area contributed by atoms with E-state index >= 15 is 0 Å². The lowest BCUT2D eigenvalue weighted by atomic mass is 10.1. The summed E-state index contributed by atoms with van der Waals surface area (Å²) in [7, 11) is -3.66. The van der Waals surface area contributed by atoms with Crippen LogP contribution in [0.2, 0.25) is 0 Å². The lowest BCUT2D eigenvalue weighted by Crippen LogP contribution is -2.47. The van der Waals surface area contributed by atoms with Crippen molar-refractivity contribution in [1.82, 2.24) is 19.0 Å². The second-order valence-corrected chi connectivity index (χ2v) is 11.5. The van der Waals surface area contributed by atoms with Crippen LogP contribution in [0, 0.1) is 12.8 Å². The van der Waals surface area contributed by atoms with Gasteiger partial charge in [0.25, 0.3) is 0 Å². The molecule has 0 amide bonds. The summed E-state index contributed by atoms with van der Waals surface area (Å²) in [5.74, 6) is 1.19. The van der Waals surface area contributed by atoms with Crippen LogP contribution in [0.5, 0.6) is 0 Å². The van der Waals surface area contributed by atoms with Crippen LogP contribution in [0.4, 0.5) is 5.82 Å². The number of benzene rings is 2. The van der Waals surface area contributed by atoms with Crippen molar-refractivity contribution >= 4 is 15.8 Å². The first-order valence-electron chi connectivity index (χ1n) is 12.5. The number of anilines is 1. The highest BCUT2D eigenvalue weighted by Gasteiger charge is 2.31. The third-order valence-corrected chi connectivity index (χ3v) is 8.39. The second-order valence-electron chi connectivity index (χ2n) is 9.56. The molecule has 7 nitrogen and oxygen atoms in total. The smallest absolute Gasteiger partial charge is 0.243 e. The van der Waals surface area contributed by atoms with Crippen LogP contribution in [-0.4, -0.2) is 66.7 Å². The Morgan fingerprint density at radius 2 is 1.54 bits per heavy atom. The standard InChI is InChI=1S/C27H37N5O2S/c1-5-29-16-18-30(19-17-29)27-26(23(4)28-32(27)24-12-8-6-9-13-24)21-31(20-22(2)3)35(33,34)25-14-10-7-11-15-25/h6-15,22H,5,16-21H2,1-4H3. The SMILES string of the molecule is CCN1CCN(c2c(CN(CC(C)C)S(=O)(=O)c3ccccc3)c(C)nn2-c2ccccc2)CC1. The van der Waals surface area contributed by atoms with Crippen LogP contribution in [0.25, 0.3) is 5.69 Å². The van der Waals surface area contributed by atoms with Gasteiger partial charge < -0.3 is 9.80 Å². The minimum absolute atomic E-state index is 0.189. The van der Waals surface area contributed by atoms with Crippen molar-refractivity contribution < 1.29 is 8.42 Å². The predicted octanol–water partition coefficient (Wildman–Crippen LogP) is 4.17. The van der Waals surface area contributed by atoms with E-state index in [9.17, 15) is 8.42 Å². The molecule has 2 heterocycles. The molecule has 0 N–H and O–H groups in total. The summed E-state index contributed by atoms with van der Waals surface area (Å²) in [6.07, 6.45) is 0. The minimum atomic E-state index is -3.66. The summed E-state index contributed by atoms with van der Waals surface area (Å²) >= 11 is 0. The molecule has 1 fully saturated rings. The third-order valence-electron chi connectivity index (χ3n) is 6.56. The monoisotopic (exact) mass is 495 g/mol. The van der Waals surface area contributed by atoms with E-state index in [2.05, 4.69) is 42.7 Å². The first kappa shape index (κ1) is 25.4. The van der Waals surface area contributed by atoms with E-state index < -0.39 is 10.0 Å². The second kappa shape index (κ2) is 10.9. The largest absolute Gasteiger partial charge is 0.354 e. The van der Waals surface area contributed by atoms with E-state index in [-0.39, 0.29) is 12.5 Å². The van der Waals surface area contributed by atoms with Gasteiger partial charge >= 0.3 is 0 Å². The van der Waals surface area contributed by atoms with Gasteiger partial charge in [-0.2, -0.15) is 9.40 Å². The summed E-state index contributed by atoms with van der Waals surface area (Å²) in [5, 5.41) is 4.92. The van der Waals surface area contributed by atoms with E-state index in [0.29, 0.717) is 11.4 Å². The maximum Gasteiger partial charge on any atom is 0.243 e. The van der Waals surface area contributed by atoms with Gasteiger partial charge in [-0.05, 0) is 43.7 Å². The van der Waals surface area contributed by atoms with Crippen molar-refractivity contribution in [2.24, 2.45) is 5.92 Å². The van der Waals surface area contributed by atoms with E-state index in [0.717, 1.165) is 55.5 Å². The van der Waals surface area contributed by atoms with Crippen molar-refractivity contribution in [1.29, 1.82) is 0 Å². The molecule has 188 valence electrons. The molecular weight excluding hydrogens is 458 g/mol. The maximum absolute atomic E-state index is 13.7. The fourth-order valence-electron chi connectivity index (χ4n) is 4.66. The molecule has 0 radical (unpaired) electrons. The highest BCUT2D eigenvalue weighted by atomic mass is 32.2. The Morgan fingerprint density at radius 1 is 0.943 bits per heavy atom. The number of piperazine rings is 1. The molecule has 2 aromatic carbocycles. The molecule has 8 heteroatoms. The Hall–Kier alpha value is -2.68. The molecule has 1 saturated heterocycles. The van der Waals surface area contributed by atoms with Crippen LogP contribution in [0.15, 0.2) is 65.6 Å². The van der Waals surface area contributed by atoms with Gasteiger partial charge in [0.05, 0.1) is 16.3 Å². The lowest BCUT2D eigenvalue weighted by Gasteiger charge is -2.36. The van der Waals surface area contributed by atoms with Gasteiger partial charge in [0, 0.05) is 44.8 Å². The Balaban J connectivity index is 1.78. The maximum atomic E-state index is 13.7. The van der Waals surface area contributed by atoms with Gasteiger partial charge in [-0.15, -0.1) is 0 Å². The lowest BCUT2D eigenvalue weighted by molar-refractivity contribution is 0.269. The van der Waals surface area contributed by atoms with E-state index in [1.807, 2.05) is 35.9 Å². The molecule has 0 saturated carbocycles. The van der Waals surface area contributed by atoms with Crippen molar-refractivity contribution in [3.8, 4) is 5.69 Å². The van der Waals surface area contributed by atoms with Gasteiger partial charge in [-0.3, -0.25) is 0 Å². The number of para-hydroxylation sites is 1. The van der Waals surface area contributed by atoms with Crippen molar-refractivity contribution in [2.75, 3.05) is 44.2 Å². The minimum Gasteiger partial charge on any atom is -0.354 e. The van der Waals surface area contributed by atoms with Crippen LogP contribution >= 0.6 is 0 Å². The predicted molar refractivity (Wildman–Crippen MR) is 142 cm³/mol. The Bertz CT molecular complexity index is 1200. The molecule has 4 rings (SSSR count). The van der Waals surface area contributed by atoms with Crippen LogP contribution in [-0.2, 0) is 16.6 Å². The molecule has 0 unspecified atom stereocenters. The van der Waals surface area contributed by atoms with Crippen molar-refractivity contribution in [3.63, 3.8) is 0 Å². The fourth-order valence-corrected chi connectivity index (χ4v) is 6.25. The van der Waals surface area contributed by atoms with Crippen LogP contribution in [0.1, 0.15) is 32.0 Å². The molecule has 3 aromatic rings. The normalized spacial score (nSPS) is 15.3. The number of aromatic nitrogens is 2. The summed E-state index contributed by atoms with van der Waals surface area (Å²) in [6.45, 7) is 13.8.